The summed E-state index contributed by atoms with van der Waals surface area (Å²) >= 11 is 0. The predicted molar refractivity (Wildman–Crippen MR) is 43.1 cm³/mol. The summed E-state index contributed by atoms with van der Waals surface area (Å²) in [4.78, 5) is 0. The SMILES string of the molecule is CCOCCO[P+](=O)OCCO. The lowest BCUT2D eigenvalue weighted by Gasteiger charge is -1.93. The second-order valence-corrected chi connectivity index (χ2v) is 2.77. The number of hydrogen-bond acceptors (Lipinski definition) is 5. The summed E-state index contributed by atoms with van der Waals surface area (Å²) in [7, 11) is -2.09. The normalized spacial score (nSPS) is 11.7. The summed E-state index contributed by atoms with van der Waals surface area (Å²) in [5.41, 5.74) is 0. The van der Waals surface area contributed by atoms with Crippen LogP contribution in [0.25, 0.3) is 0 Å². The lowest BCUT2D eigenvalue weighted by molar-refractivity contribution is 0.101. The van der Waals surface area contributed by atoms with E-state index in [-0.39, 0.29) is 19.8 Å². The van der Waals surface area contributed by atoms with Crippen molar-refractivity contribution in [3.05, 3.63) is 0 Å². The van der Waals surface area contributed by atoms with E-state index in [2.05, 4.69) is 4.52 Å². The highest BCUT2D eigenvalue weighted by atomic mass is 31.1. The fraction of sp³-hybridized carbons (Fsp3) is 1.00. The van der Waals surface area contributed by atoms with Gasteiger partial charge < -0.3 is 9.84 Å². The van der Waals surface area contributed by atoms with E-state index in [4.69, 9.17) is 14.4 Å². The average Bonchev–Trinajstić information content (AvgIpc) is 2.09. The Morgan fingerprint density at radius 2 is 1.92 bits per heavy atom. The predicted octanol–water partition coefficient (Wildman–Crippen LogP) is 0.706. The van der Waals surface area contributed by atoms with Crippen molar-refractivity contribution in [3.8, 4) is 0 Å². The van der Waals surface area contributed by atoms with Crippen LogP contribution in [0.15, 0.2) is 0 Å². The molecule has 0 amide bonds. The van der Waals surface area contributed by atoms with Gasteiger partial charge in [0.1, 0.15) is 13.2 Å². The second kappa shape index (κ2) is 9.03. The maximum atomic E-state index is 10.7. The molecule has 0 aromatic rings. The Balaban J connectivity index is 3.08. The highest BCUT2D eigenvalue weighted by Gasteiger charge is 2.18. The number of aliphatic hydroxyl groups excluding tert-OH is 1. The van der Waals surface area contributed by atoms with Crippen molar-refractivity contribution >= 4 is 8.25 Å². The van der Waals surface area contributed by atoms with Crippen LogP contribution >= 0.6 is 8.25 Å². The fourth-order valence-electron chi connectivity index (χ4n) is 0.468. The molecule has 0 bridgehead atoms. The molecule has 0 spiro atoms. The van der Waals surface area contributed by atoms with E-state index in [1.807, 2.05) is 6.92 Å². The quantitative estimate of drug-likeness (QED) is 0.458. The molecule has 0 aliphatic rings. The molecule has 6 heteroatoms. The van der Waals surface area contributed by atoms with Crippen molar-refractivity contribution in [3.63, 3.8) is 0 Å². The average molecular weight is 197 g/mol. The van der Waals surface area contributed by atoms with Crippen LogP contribution in [0, 0.1) is 0 Å². The molecular weight excluding hydrogens is 183 g/mol. The Labute approximate surface area is 72.6 Å². The van der Waals surface area contributed by atoms with Crippen LogP contribution in [0.5, 0.6) is 0 Å². The van der Waals surface area contributed by atoms with Crippen molar-refractivity contribution in [2.75, 3.05) is 33.0 Å². The molecule has 0 aliphatic carbocycles. The highest BCUT2D eigenvalue weighted by Crippen LogP contribution is 2.22. The summed E-state index contributed by atoms with van der Waals surface area (Å²) in [5, 5.41) is 8.29. The van der Waals surface area contributed by atoms with Gasteiger partial charge in [0.05, 0.1) is 13.2 Å². The van der Waals surface area contributed by atoms with Crippen LogP contribution in [0.3, 0.4) is 0 Å². The number of ether oxygens (including phenoxy) is 1. The van der Waals surface area contributed by atoms with Crippen molar-refractivity contribution in [1.82, 2.24) is 0 Å². The smallest absolute Gasteiger partial charge is 0.394 e. The summed E-state index contributed by atoms with van der Waals surface area (Å²) in [6.45, 7) is 2.99. The number of aliphatic hydroxyl groups is 1. The van der Waals surface area contributed by atoms with Gasteiger partial charge in [0.15, 0.2) is 0 Å². The van der Waals surface area contributed by atoms with Gasteiger partial charge in [-0.1, -0.05) is 0 Å². The van der Waals surface area contributed by atoms with Crippen LogP contribution in [-0.2, 0) is 18.3 Å². The third-order valence-corrected chi connectivity index (χ3v) is 1.70. The van der Waals surface area contributed by atoms with E-state index >= 15 is 0 Å². The standard InChI is InChI=1S/C6H14O5P/c1-2-9-5-6-11-12(8)10-4-3-7/h7H,2-6H2,1H3/q+1. The van der Waals surface area contributed by atoms with E-state index in [9.17, 15) is 4.57 Å². The van der Waals surface area contributed by atoms with Crippen LogP contribution in [0.4, 0.5) is 0 Å². The van der Waals surface area contributed by atoms with Gasteiger partial charge in [-0.3, -0.25) is 0 Å². The molecule has 0 fully saturated rings. The number of rotatable bonds is 8. The monoisotopic (exact) mass is 197 g/mol. The minimum atomic E-state index is -2.09. The Morgan fingerprint density at radius 1 is 1.25 bits per heavy atom. The molecule has 0 aromatic carbocycles. The lowest BCUT2D eigenvalue weighted by Crippen LogP contribution is -2.01. The first-order chi connectivity index (χ1) is 5.81. The van der Waals surface area contributed by atoms with Gasteiger partial charge in [-0.2, -0.15) is 0 Å². The van der Waals surface area contributed by atoms with Crippen LogP contribution < -0.4 is 0 Å². The molecule has 1 unspecified atom stereocenters. The van der Waals surface area contributed by atoms with E-state index in [1.54, 1.807) is 0 Å². The molecule has 0 rings (SSSR count). The van der Waals surface area contributed by atoms with Gasteiger partial charge in [0, 0.05) is 11.2 Å². The van der Waals surface area contributed by atoms with Crippen LogP contribution in [0.1, 0.15) is 6.92 Å². The molecule has 0 saturated heterocycles. The van der Waals surface area contributed by atoms with Crippen molar-refractivity contribution < 1.29 is 23.5 Å². The minimum absolute atomic E-state index is 0.0316. The molecule has 12 heavy (non-hydrogen) atoms. The summed E-state index contributed by atoms with van der Waals surface area (Å²) < 4.78 is 24.9. The lowest BCUT2D eigenvalue weighted by atomic mass is 10.8. The first-order valence-electron chi connectivity index (χ1n) is 3.73. The van der Waals surface area contributed by atoms with Crippen molar-refractivity contribution in [1.29, 1.82) is 0 Å². The third kappa shape index (κ3) is 8.04. The molecular formula is C6H14O5P+. The largest absolute Gasteiger partial charge is 0.697 e. The minimum Gasteiger partial charge on any atom is -0.394 e. The fourth-order valence-corrected chi connectivity index (χ4v) is 0.997. The Kier molecular flexibility index (Phi) is 8.99. The molecule has 0 aliphatic heterocycles. The summed E-state index contributed by atoms with van der Waals surface area (Å²) in [6.07, 6.45) is 0. The maximum Gasteiger partial charge on any atom is 0.697 e. The first kappa shape index (κ1) is 11.9. The number of hydrogen-bond donors (Lipinski definition) is 1. The van der Waals surface area contributed by atoms with Crippen LogP contribution in [0.2, 0.25) is 0 Å². The molecule has 0 heterocycles. The van der Waals surface area contributed by atoms with Gasteiger partial charge in [-0.15, -0.1) is 9.05 Å². The highest BCUT2D eigenvalue weighted by molar-refractivity contribution is 7.33. The van der Waals surface area contributed by atoms with Crippen LogP contribution in [-0.4, -0.2) is 38.1 Å². The second-order valence-electron chi connectivity index (χ2n) is 1.81. The van der Waals surface area contributed by atoms with Gasteiger partial charge in [0.25, 0.3) is 0 Å². The van der Waals surface area contributed by atoms with E-state index < -0.39 is 8.25 Å². The van der Waals surface area contributed by atoms with Crippen molar-refractivity contribution in [2.24, 2.45) is 0 Å². The zero-order chi connectivity index (χ0) is 9.23. The van der Waals surface area contributed by atoms with Gasteiger partial charge in [0.2, 0.25) is 0 Å². The maximum absolute atomic E-state index is 10.7. The van der Waals surface area contributed by atoms with Crippen molar-refractivity contribution in [2.45, 2.75) is 6.92 Å². The van der Waals surface area contributed by atoms with E-state index in [1.165, 1.54) is 0 Å². The summed E-state index contributed by atoms with van der Waals surface area (Å²) in [6, 6.07) is 0. The Hall–Kier alpha value is -0.0600. The first-order valence-corrected chi connectivity index (χ1v) is 4.82. The Bertz CT molecular complexity index is 119. The zero-order valence-electron chi connectivity index (χ0n) is 7.06. The third-order valence-electron chi connectivity index (χ3n) is 0.916. The Morgan fingerprint density at radius 3 is 2.50 bits per heavy atom. The molecule has 72 valence electrons. The summed E-state index contributed by atoms with van der Waals surface area (Å²) in [5.74, 6) is 0. The molecule has 5 nitrogen and oxygen atoms in total. The molecule has 1 atom stereocenters. The zero-order valence-corrected chi connectivity index (χ0v) is 7.96. The molecule has 0 radical (unpaired) electrons. The van der Waals surface area contributed by atoms with E-state index in [0.29, 0.717) is 13.2 Å². The molecule has 0 saturated carbocycles. The van der Waals surface area contributed by atoms with Gasteiger partial charge in [-0.05, 0) is 6.92 Å². The van der Waals surface area contributed by atoms with E-state index in [0.717, 1.165) is 0 Å². The molecule has 1 N–H and O–H groups in total. The molecule has 0 aromatic heterocycles. The van der Waals surface area contributed by atoms with Gasteiger partial charge >= 0.3 is 8.25 Å². The topological polar surface area (TPSA) is 65.0 Å². The van der Waals surface area contributed by atoms with Gasteiger partial charge in [-0.25, -0.2) is 0 Å².